The number of nitrogens with zero attached hydrogens (tertiary/aromatic N) is 2. The molecule has 0 radical (unpaired) electrons. The number of carbonyl (C=O) groups excluding carboxylic acids is 2. The van der Waals surface area contributed by atoms with Crippen molar-refractivity contribution in [1.29, 1.82) is 0 Å². The number of nitrogens with one attached hydrogen (secondary N) is 1. The Kier molecular flexibility index (Phi) is 4.89. The molecule has 2 amide bonds. The lowest BCUT2D eigenvalue weighted by molar-refractivity contribution is -0.122. The molecule has 5 rings (SSSR count). The molecule has 0 spiro atoms. The minimum Gasteiger partial charge on any atom is -0.371 e. The van der Waals surface area contributed by atoms with Gasteiger partial charge < -0.3 is 4.90 Å². The van der Waals surface area contributed by atoms with E-state index in [1.54, 1.807) is 6.08 Å². The second-order valence-corrected chi connectivity index (χ2v) is 9.02. The van der Waals surface area contributed by atoms with Gasteiger partial charge in [0.1, 0.15) is 5.57 Å². The van der Waals surface area contributed by atoms with E-state index < -0.39 is 5.91 Å². The number of carbonyl (C=O) groups is 2. The van der Waals surface area contributed by atoms with Gasteiger partial charge in [-0.25, -0.2) is 0 Å². The molecule has 0 unspecified atom stereocenters. The summed E-state index contributed by atoms with van der Waals surface area (Å²) in [7, 11) is 0. The number of aryl methyl sites for hydroxylation is 4. The highest BCUT2D eigenvalue weighted by atomic mass is 32.1. The topological polar surface area (TPSA) is 52.7 Å². The first kappa shape index (κ1) is 19.9. The number of hydrogen-bond acceptors (Lipinski definition) is 4. The monoisotopic (exact) mass is 431 g/mol. The molecule has 31 heavy (non-hydrogen) atoms. The molecule has 6 heteroatoms. The van der Waals surface area contributed by atoms with Crippen molar-refractivity contribution < 1.29 is 9.59 Å². The Morgan fingerprint density at radius 3 is 2.35 bits per heavy atom. The average Bonchev–Trinajstić information content (AvgIpc) is 2.74. The minimum atomic E-state index is -0.440. The van der Waals surface area contributed by atoms with Crippen LogP contribution in [0.25, 0.3) is 6.08 Å². The van der Waals surface area contributed by atoms with Gasteiger partial charge in [0.2, 0.25) is 0 Å². The fraction of sp³-hybridized carbons (Fsp3) is 0.320. The molecule has 0 bridgehead atoms. The van der Waals surface area contributed by atoms with Crippen molar-refractivity contribution >= 4 is 46.6 Å². The molecule has 5 nitrogen and oxygen atoms in total. The molecule has 2 aromatic carbocycles. The smallest absolute Gasteiger partial charge is 0.270 e. The van der Waals surface area contributed by atoms with Crippen LogP contribution >= 0.6 is 12.2 Å². The fourth-order valence-corrected chi connectivity index (χ4v) is 5.19. The first-order valence-corrected chi connectivity index (χ1v) is 11.2. The molecule has 0 aromatic heterocycles. The van der Waals surface area contributed by atoms with Crippen LogP contribution in [0.3, 0.4) is 0 Å². The summed E-state index contributed by atoms with van der Waals surface area (Å²) < 4.78 is 0. The third kappa shape index (κ3) is 3.45. The Morgan fingerprint density at radius 2 is 1.68 bits per heavy atom. The molecule has 3 aliphatic heterocycles. The molecule has 1 saturated heterocycles. The van der Waals surface area contributed by atoms with Crippen LogP contribution in [0.1, 0.15) is 40.7 Å². The second kappa shape index (κ2) is 7.61. The zero-order valence-electron chi connectivity index (χ0n) is 17.8. The van der Waals surface area contributed by atoms with Crippen LogP contribution in [0.15, 0.2) is 35.9 Å². The van der Waals surface area contributed by atoms with Gasteiger partial charge in [-0.3, -0.25) is 19.8 Å². The van der Waals surface area contributed by atoms with E-state index in [0.717, 1.165) is 55.5 Å². The zero-order chi connectivity index (χ0) is 21.7. The fourth-order valence-electron chi connectivity index (χ4n) is 4.92. The molecule has 0 aliphatic carbocycles. The molecular weight excluding hydrogens is 406 g/mol. The van der Waals surface area contributed by atoms with Crippen LogP contribution in [0.2, 0.25) is 0 Å². The van der Waals surface area contributed by atoms with Crippen LogP contribution in [0.4, 0.5) is 11.4 Å². The Morgan fingerprint density at radius 1 is 1.00 bits per heavy atom. The van der Waals surface area contributed by atoms with E-state index in [2.05, 4.69) is 22.3 Å². The predicted octanol–water partition coefficient (Wildman–Crippen LogP) is 3.83. The zero-order valence-corrected chi connectivity index (χ0v) is 18.6. The van der Waals surface area contributed by atoms with Gasteiger partial charge in [-0.1, -0.05) is 12.1 Å². The van der Waals surface area contributed by atoms with E-state index in [9.17, 15) is 9.59 Å². The van der Waals surface area contributed by atoms with E-state index in [4.69, 9.17) is 12.2 Å². The lowest BCUT2D eigenvalue weighted by Crippen LogP contribution is -2.54. The quantitative estimate of drug-likeness (QED) is 0.446. The number of anilines is 2. The van der Waals surface area contributed by atoms with Crippen molar-refractivity contribution in [2.24, 2.45) is 0 Å². The summed E-state index contributed by atoms with van der Waals surface area (Å²) >= 11 is 5.36. The standard InChI is InChI=1S/C25H25N3O2S/c1-15-7-8-16(2)21(11-15)28-24(30)20(23(29)26-25(28)31)14-17-12-18-5-3-9-27-10-4-6-19(13-17)22(18)27/h7-8,11-14H,3-6,9-10H2,1-2H3,(H,26,29,31)/b20-14-. The average molecular weight is 432 g/mol. The van der Waals surface area contributed by atoms with Crippen LogP contribution < -0.4 is 15.1 Å². The molecule has 158 valence electrons. The Labute approximate surface area is 187 Å². The van der Waals surface area contributed by atoms with Crippen LogP contribution in [0, 0.1) is 13.8 Å². The van der Waals surface area contributed by atoms with Crippen LogP contribution in [-0.2, 0) is 22.4 Å². The maximum Gasteiger partial charge on any atom is 0.270 e. The molecule has 3 aliphatic rings. The lowest BCUT2D eigenvalue weighted by Gasteiger charge is -2.37. The molecule has 0 saturated carbocycles. The van der Waals surface area contributed by atoms with Gasteiger partial charge in [0.15, 0.2) is 5.11 Å². The third-order valence-electron chi connectivity index (χ3n) is 6.37. The molecule has 1 fully saturated rings. The first-order chi connectivity index (χ1) is 14.9. The van der Waals surface area contributed by atoms with Crippen molar-refractivity contribution in [2.45, 2.75) is 39.5 Å². The number of benzene rings is 2. The molecule has 3 heterocycles. The summed E-state index contributed by atoms with van der Waals surface area (Å²) in [6, 6.07) is 10.2. The summed E-state index contributed by atoms with van der Waals surface area (Å²) in [5.74, 6) is -0.819. The number of hydrogen-bond donors (Lipinski definition) is 1. The second-order valence-electron chi connectivity index (χ2n) is 8.63. The Balaban J connectivity index is 1.57. The minimum absolute atomic E-state index is 0.116. The van der Waals surface area contributed by atoms with E-state index in [1.807, 2.05) is 32.0 Å². The predicted molar refractivity (Wildman–Crippen MR) is 127 cm³/mol. The summed E-state index contributed by atoms with van der Waals surface area (Å²) in [4.78, 5) is 30.1. The van der Waals surface area contributed by atoms with Gasteiger partial charge in [0.25, 0.3) is 11.8 Å². The maximum absolute atomic E-state index is 13.4. The molecule has 2 aromatic rings. The highest BCUT2D eigenvalue weighted by Crippen LogP contribution is 2.37. The largest absolute Gasteiger partial charge is 0.371 e. The SMILES string of the molecule is Cc1ccc(C)c(N2C(=O)/C(=C\c3cc4c5c(c3)CCCN5CCC4)C(=O)NC2=S)c1. The normalized spacial score (nSPS) is 19.5. The van der Waals surface area contributed by atoms with Gasteiger partial charge in [-0.15, -0.1) is 0 Å². The van der Waals surface area contributed by atoms with Gasteiger partial charge in [-0.2, -0.15) is 0 Å². The van der Waals surface area contributed by atoms with E-state index >= 15 is 0 Å². The van der Waals surface area contributed by atoms with Crippen LogP contribution in [0.5, 0.6) is 0 Å². The molecule has 0 atom stereocenters. The maximum atomic E-state index is 13.4. The molecule has 1 N–H and O–H groups in total. The van der Waals surface area contributed by atoms with E-state index in [0.29, 0.717) is 5.69 Å². The number of rotatable bonds is 2. The van der Waals surface area contributed by atoms with Crippen molar-refractivity contribution in [2.75, 3.05) is 22.9 Å². The highest BCUT2D eigenvalue weighted by molar-refractivity contribution is 7.80. The van der Waals surface area contributed by atoms with E-state index in [1.165, 1.54) is 21.7 Å². The van der Waals surface area contributed by atoms with E-state index in [-0.39, 0.29) is 16.6 Å². The van der Waals surface area contributed by atoms with Crippen molar-refractivity contribution in [3.63, 3.8) is 0 Å². The van der Waals surface area contributed by atoms with Crippen molar-refractivity contribution in [1.82, 2.24) is 5.32 Å². The Hall–Kier alpha value is -2.99. The summed E-state index contributed by atoms with van der Waals surface area (Å²) in [6.07, 6.45) is 6.08. The number of amides is 2. The highest BCUT2D eigenvalue weighted by Gasteiger charge is 2.35. The summed E-state index contributed by atoms with van der Waals surface area (Å²) in [6.45, 7) is 6.13. The number of thiocarbonyl (C=S) groups is 1. The summed E-state index contributed by atoms with van der Waals surface area (Å²) in [5.41, 5.74) is 7.69. The molecular formula is C25H25N3O2S. The van der Waals surface area contributed by atoms with Crippen LogP contribution in [-0.4, -0.2) is 30.0 Å². The van der Waals surface area contributed by atoms with Gasteiger partial charge in [0.05, 0.1) is 5.69 Å². The van der Waals surface area contributed by atoms with Crippen molar-refractivity contribution in [3.05, 3.63) is 63.7 Å². The van der Waals surface area contributed by atoms with Crippen molar-refractivity contribution in [3.8, 4) is 0 Å². The van der Waals surface area contributed by atoms with Gasteiger partial charge >= 0.3 is 0 Å². The Bertz CT molecular complexity index is 1140. The van der Waals surface area contributed by atoms with Gasteiger partial charge in [-0.05, 0) is 104 Å². The van der Waals surface area contributed by atoms with Gasteiger partial charge in [0, 0.05) is 18.8 Å². The first-order valence-electron chi connectivity index (χ1n) is 10.8. The lowest BCUT2D eigenvalue weighted by atomic mass is 9.89. The summed E-state index contributed by atoms with van der Waals surface area (Å²) in [5, 5.41) is 2.83. The third-order valence-corrected chi connectivity index (χ3v) is 6.66.